The number of nitrogens with zero attached hydrogens (tertiary/aromatic N) is 2. The van der Waals surface area contributed by atoms with Crippen molar-refractivity contribution in [1.29, 1.82) is 0 Å². The number of ether oxygens (including phenoxy) is 3. The molecule has 2 aliphatic rings. The van der Waals surface area contributed by atoms with Gasteiger partial charge in [0.2, 0.25) is 21.8 Å². The summed E-state index contributed by atoms with van der Waals surface area (Å²) in [6.07, 6.45) is 1.06. The maximum absolute atomic E-state index is 13.5. The lowest BCUT2D eigenvalue weighted by atomic mass is 9.80. The van der Waals surface area contributed by atoms with Crippen LogP contribution in [0.4, 0.5) is 5.69 Å². The summed E-state index contributed by atoms with van der Waals surface area (Å²) in [5.41, 5.74) is 0.460. The number of amides is 2. The summed E-state index contributed by atoms with van der Waals surface area (Å²) in [6, 6.07) is 11.5. The van der Waals surface area contributed by atoms with Crippen LogP contribution >= 0.6 is 0 Å². The molecule has 2 atom stereocenters. The Bertz CT molecular complexity index is 1390. The van der Waals surface area contributed by atoms with Gasteiger partial charge in [-0.3, -0.25) is 19.2 Å². The number of aliphatic hydroxyl groups excluding tert-OH is 1. The Hall–Kier alpha value is -3.39. The number of methoxy groups -OCH3 is 2. The summed E-state index contributed by atoms with van der Waals surface area (Å²) in [7, 11) is -0.378. The van der Waals surface area contributed by atoms with Crippen molar-refractivity contribution in [2.75, 3.05) is 51.4 Å². The molecule has 0 unspecified atom stereocenters. The quantitative estimate of drug-likeness (QED) is 0.326. The van der Waals surface area contributed by atoms with Gasteiger partial charge in [-0.15, -0.1) is 0 Å². The van der Waals surface area contributed by atoms with Gasteiger partial charge in [0.25, 0.3) is 0 Å². The first kappa shape index (κ1) is 32.5. The van der Waals surface area contributed by atoms with Crippen molar-refractivity contribution in [2.24, 2.45) is 5.92 Å². The summed E-state index contributed by atoms with van der Waals surface area (Å²) < 4.78 is 42.1. The molecule has 2 aromatic rings. The smallest absolute Gasteiger partial charge is 0.248 e. The number of aliphatic hydroxyl groups is 1. The van der Waals surface area contributed by atoms with E-state index in [0.29, 0.717) is 62.0 Å². The molecule has 0 radical (unpaired) electrons. The van der Waals surface area contributed by atoms with Crippen LogP contribution in [0.25, 0.3) is 0 Å². The molecule has 0 bridgehead atoms. The van der Waals surface area contributed by atoms with Crippen LogP contribution in [0.15, 0.2) is 42.5 Å². The fourth-order valence-corrected chi connectivity index (χ4v) is 6.17. The average Bonchev–Trinajstić information content (AvgIpc) is 2.96. The van der Waals surface area contributed by atoms with E-state index in [1.165, 1.54) is 7.11 Å². The predicted molar refractivity (Wildman–Crippen MR) is 162 cm³/mol. The third-order valence-electron chi connectivity index (χ3n) is 8.01. The second kappa shape index (κ2) is 13.5. The highest BCUT2D eigenvalue weighted by atomic mass is 32.2. The van der Waals surface area contributed by atoms with Gasteiger partial charge in [0.05, 0.1) is 31.8 Å². The fraction of sp³-hybridized carbons (Fsp3) is 0.533. The monoisotopic (exact) mass is 618 g/mol. The average molecular weight is 619 g/mol. The zero-order valence-electron chi connectivity index (χ0n) is 25.3. The van der Waals surface area contributed by atoms with Crippen molar-refractivity contribution < 1.29 is 37.3 Å². The maximum Gasteiger partial charge on any atom is 0.248 e. The molecule has 2 fully saturated rings. The lowest BCUT2D eigenvalue weighted by Gasteiger charge is -2.52. The van der Waals surface area contributed by atoms with Gasteiger partial charge in [-0.1, -0.05) is 26.0 Å². The summed E-state index contributed by atoms with van der Waals surface area (Å²) in [4.78, 5) is 30.8. The SMILES string of the molecule is COCCN1C(=O)[C@@H]([C@H](O)C(C)C)NC(=O)C12CCN(Cc1ccc(Oc3ccc(NS(C)(=O)=O)cc3OC)cc1)CC2. The second-order valence-electron chi connectivity index (χ2n) is 11.5. The number of rotatable bonds is 12. The Morgan fingerprint density at radius 1 is 1.07 bits per heavy atom. The van der Waals surface area contributed by atoms with Crippen molar-refractivity contribution in [3.05, 3.63) is 48.0 Å². The van der Waals surface area contributed by atoms with Gasteiger partial charge in [-0.25, -0.2) is 8.42 Å². The Kier molecular flexibility index (Phi) is 10.2. The van der Waals surface area contributed by atoms with Crippen LogP contribution in [0.5, 0.6) is 17.2 Å². The minimum Gasteiger partial charge on any atom is -0.493 e. The van der Waals surface area contributed by atoms with Gasteiger partial charge in [0.15, 0.2) is 11.5 Å². The zero-order chi connectivity index (χ0) is 31.4. The summed E-state index contributed by atoms with van der Waals surface area (Å²) >= 11 is 0. The minimum atomic E-state index is -3.42. The molecule has 0 saturated carbocycles. The van der Waals surface area contributed by atoms with Crippen LogP contribution < -0.4 is 19.5 Å². The van der Waals surface area contributed by atoms with Crippen LogP contribution in [-0.4, -0.2) is 99.5 Å². The van der Waals surface area contributed by atoms with Crippen LogP contribution in [0.1, 0.15) is 32.3 Å². The number of hydrogen-bond acceptors (Lipinski definition) is 9. The van der Waals surface area contributed by atoms with Gasteiger partial charge in [-0.2, -0.15) is 0 Å². The number of likely N-dealkylation sites (tertiary alicyclic amines) is 1. The molecule has 4 rings (SSSR count). The lowest BCUT2D eigenvalue weighted by molar-refractivity contribution is -0.166. The first-order valence-electron chi connectivity index (χ1n) is 14.3. The Morgan fingerprint density at radius 2 is 1.74 bits per heavy atom. The highest BCUT2D eigenvalue weighted by Gasteiger charge is 2.54. The van der Waals surface area contributed by atoms with Gasteiger partial charge in [-0.05, 0) is 48.6 Å². The molecule has 2 aromatic carbocycles. The van der Waals surface area contributed by atoms with E-state index in [2.05, 4.69) is 14.9 Å². The van der Waals surface area contributed by atoms with E-state index in [1.54, 1.807) is 30.2 Å². The third-order valence-corrected chi connectivity index (χ3v) is 8.62. The number of anilines is 1. The van der Waals surface area contributed by atoms with Crippen LogP contribution in [0, 0.1) is 5.92 Å². The summed E-state index contributed by atoms with van der Waals surface area (Å²) in [6.45, 7) is 6.12. The molecular formula is C30H42N4O8S. The van der Waals surface area contributed by atoms with Gasteiger partial charge in [0.1, 0.15) is 17.3 Å². The number of sulfonamides is 1. The van der Waals surface area contributed by atoms with Crippen molar-refractivity contribution in [2.45, 2.75) is 50.9 Å². The first-order chi connectivity index (χ1) is 20.4. The van der Waals surface area contributed by atoms with Crippen molar-refractivity contribution in [3.63, 3.8) is 0 Å². The summed E-state index contributed by atoms with van der Waals surface area (Å²) in [5, 5.41) is 13.4. The van der Waals surface area contributed by atoms with E-state index in [-0.39, 0.29) is 24.3 Å². The van der Waals surface area contributed by atoms with Gasteiger partial charge >= 0.3 is 0 Å². The van der Waals surface area contributed by atoms with E-state index in [0.717, 1.165) is 11.8 Å². The third kappa shape index (κ3) is 7.58. The molecule has 0 aromatic heterocycles. The van der Waals surface area contributed by atoms with Gasteiger partial charge < -0.3 is 29.5 Å². The molecule has 2 saturated heterocycles. The van der Waals surface area contributed by atoms with E-state index in [1.807, 2.05) is 38.1 Å². The highest BCUT2D eigenvalue weighted by Crippen LogP contribution is 2.36. The summed E-state index contributed by atoms with van der Waals surface area (Å²) in [5.74, 6) is 0.752. The molecule has 0 aliphatic carbocycles. The van der Waals surface area contributed by atoms with Crippen LogP contribution in [0.2, 0.25) is 0 Å². The van der Waals surface area contributed by atoms with Crippen LogP contribution in [0.3, 0.4) is 0 Å². The van der Waals surface area contributed by atoms with E-state index in [9.17, 15) is 23.1 Å². The molecular weight excluding hydrogens is 576 g/mol. The van der Waals surface area contributed by atoms with E-state index < -0.39 is 27.7 Å². The standard InChI is InChI=1S/C30H42N4O8S/c1-20(2)27(35)26-28(36)34(16-17-40-3)30(29(37)31-26)12-14-33(15-13-30)19-21-6-9-23(10-7-21)42-24-11-8-22(18-25(24)41-4)32-43(5,38)39/h6-11,18,20,26-27,32,35H,12-17,19H2,1-5H3,(H,31,37)/t26-,27-/m1/s1. The number of piperidine rings is 1. The molecule has 43 heavy (non-hydrogen) atoms. The van der Waals surface area contributed by atoms with Crippen molar-refractivity contribution >= 4 is 27.5 Å². The zero-order valence-corrected chi connectivity index (χ0v) is 26.1. The second-order valence-corrected chi connectivity index (χ2v) is 13.2. The molecule has 2 heterocycles. The highest BCUT2D eigenvalue weighted by molar-refractivity contribution is 7.92. The molecule has 236 valence electrons. The van der Waals surface area contributed by atoms with Gasteiger partial charge in [0, 0.05) is 39.4 Å². The van der Waals surface area contributed by atoms with E-state index >= 15 is 0 Å². The minimum absolute atomic E-state index is 0.182. The molecule has 13 heteroatoms. The fourth-order valence-electron chi connectivity index (χ4n) is 5.62. The first-order valence-corrected chi connectivity index (χ1v) is 16.2. The number of carbonyl (C=O) groups excluding carboxylic acids is 2. The number of benzene rings is 2. The van der Waals surface area contributed by atoms with Crippen molar-refractivity contribution in [1.82, 2.24) is 15.1 Å². The molecule has 1 spiro atoms. The Morgan fingerprint density at radius 3 is 2.33 bits per heavy atom. The normalized spacial score (nSPS) is 19.8. The topological polar surface area (TPSA) is 147 Å². The molecule has 3 N–H and O–H groups in total. The number of carbonyl (C=O) groups is 2. The molecule has 12 nitrogen and oxygen atoms in total. The predicted octanol–water partition coefficient (Wildman–Crippen LogP) is 2.18. The largest absolute Gasteiger partial charge is 0.493 e. The molecule has 2 aliphatic heterocycles. The number of piperazine rings is 1. The lowest BCUT2D eigenvalue weighted by Crippen LogP contribution is -2.75. The van der Waals surface area contributed by atoms with Crippen LogP contribution in [-0.2, 0) is 30.9 Å². The Labute approximate surface area is 253 Å². The number of nitrogens with one attached hydrogen (secondary N) is 2. The van der Waals surface area contributed by atoms with E-state index in [4.69, 9.17) is 14.2 Å². The Balaban J connectivity index is 1.39. The van der Waals surface area contributed by atoms with Crippen molar-refractivity contribution in [3.8, 4) is 17.2 Å². The number of hydrogen-bond donors (Lipinski definition) is 3. The molecule has 2 amide bonds. The maximum atomic E-state index is 13.5.